The molecule has 12 heteroatoms. The molecule has 9 nitrogen and oxygen atoms in total. The van der Waals surface area contributed by atoms with Crippen LogP contribution < -0.4 is 16.4 Å². The zero-order valence-corrected chi connectivity index (χ0v) is 19.9. The Morgan fingerprint density at radius 3 is 2.20 bits per heavy atom. The van der Waals surface area contributed by atoms with E-state index >= 15 is 0 Å². The number of carbonyl (C=O) groups excluding carboxylic acids is 3. The molecule has 1 saturated heterocycles. The maximum absolute atomic E-state index is 13.0. The zero-order chi connectivity index (χ0) is 22.7. The van der Waals surface area contributed by atoms with Crippen molar-refractivity contribution in [2.75, 3.05) is 36.3 Å². The number of carboxylic acid groups (broad SMARTS) is 1. The highest BCUT2D eigenvalue weighted by atomic mass is 32.2. The van der Waals surface area contributed by atoms with Gasteiger partial charge >= 0.3 is 5.97 Å². The van der Waals surface area contributed by atoms with Crippen molar-refractivity contribution in [2.45, 2.75) is 49.9 Å². The number of hydrogen-bond donors (Lipinski definition) is 5. The van der Waals surface area contributed by atoms with Gasteiger partial charge in [0, 0.05) is 12.3 Å². The Morgan fingerprint density at radius 2 is 1.67 bits per heavy atom. The maximum Gasteiger partial charge on any atom is 0.326 e. The molecule has 0 radical (unpaired) electrons. The van der Waals surface area contributed by atoms with Crippen molar-refractivity contribution in [3.05, 3.63) is 0 Å². The van der Waals surface area contributed by atoms with Crippen molar-refractivity contribution >= 4 is 59.8 Å². The summed E-state index contributed by atoms with van der Waals surface area (Å²) in [5, 5.41) is 14.8. The largest absolute Gasteiger partial charge is 0.480 e. The van der Waals surface area contributed by atoms with Gasteiger partial charge in [-0.3, -0.25) is 14.4 Å². The highest BCUT2D eigenvalue weighted by Gasteiger charge is 2.38. The van der Waals surface area contributed by atoms with Crippen molar-refractivity contribution in [1.29, 1.82) is 0 Å². The lowest BCUT2D eigenvalue weighted by Gasteiger charge is -2.29. The smallest absolute Gasteiger partial charge is 0.326 e. The van der Waals surface area contributed by atoms with E-state index in [2.05, 4.69) is 23.3 Å². The molecule has 4 unspecified atom stereocenters. The minimum atomic E-state index is -1.04. The number of nitrogens with zero attached hydrogens (tertiary/aromatic N) is 1. The topological polar surface area (TPSA) is 142 Å². The van der Waals surface area contributed by atoms with Crippen LogP contribution in [0.25, 0.3) is 0 Å². The molecule has 0 saturated carbocycles. The van der Waals surface area contributed by atoms with Crippen LogP contribution in [-0.4, -0.2) is 94.2 Å². The number of likely N-dealkylation sites (tertiary alicyclic amines) is 1. The summed E-state index contributed by atoms with van der Waals surface area (Å²) in [5.41, 5.74) is 5.69. The molecule has 4 atom stereocenters. The number of carboxylic acids is 1. The minimum absolute atomic E-state index is 0.142. The molecule has 0 spiro atoms. The summed E-state index contributed by atoms with van der Waals surface area (Å²) < 4.78 is 0. The number of rotatable bonds is 13. The lowest BCUT2D eigenvalue weighted by molar-refractivity contribution is -0.149. The quantitative estimate of drug-likeness (QED) is 0.228. The molecule has 1 aliphatic heterocycles. The van der Waals surface area contributed by atoms with Gasteiger partial charge in [0.2, 0.25) is 17.7 Å². The third-order valence-electron chi connectivity index (χ3n) is 4.82. The van der Waals surface area contributed by atoms with E-state index in [1.165, 1.54) is 28.4 Å². The number of carbonyl (C=O) groups is 4. The second-order valence-corrected chi connectivity index (χ2v) is 9.34. The molecule has 0 aromatic rings. The third kappa shape index (κ3) is 8.20. The van der Waals surface area contributed by atoms with E-state index in [-0.39, 0.29) is 5.75 Å². The Labute approximate surface area is 191 Å². The van der Waals surface area contributed by atoms with Crippen LogP contribution in [0.3, 0.4) is 0 Å². The Morgan fingerprint density at radius 1 is 1.10 bits per heavy atom. The minimum Gasteiger partial charge on any atom is -0.480 e. The first-order valence-corrected chi connectivity index (χ1v) is 13.2. The van der Waals surface area contributed by atoms with Gasteiger partial charge in [-0.15, -0.1) is 0 Å². The maximum atomic E-state index is 13.0. The molecule has 172 valence electrons. The number of nitrogens with one attached hydrogen (secondary N) is 2. The number of amides is 3. The van der Waals surface area contributed by atoms with Crippen molar-refractivity contribution < 1.29 is 24.3 Å². The standard InChI is InChI=1S/C18H32N4O5S3/c1-29-8-5-12(20-15(23)11(19)10-28)16(24)21-13(6-9-30-2)17(25)22-7-3-4-14(22)18(26)27/h11-14,28H,3-10,19H2,1-2H3,(H,20,23)(H,21,24)(H,26,27). The van der Waals surface area contributed by atoms with Gasteiger partial charge < -0.3 is 26.4 Å². The summed E-state index contributed by atoms with van der Waals surface area (Å²) in [7, 11) is 0. The molecule has 30 heavy (non-hydrogen) atoms. The lowest BCUT2D eigenvalue weighted by Crippen LogP contribution is -2.57. The Kier molecular flexibility index (Phi) is 12.6. The molecular weight excluding hydrogens is 448 g/mol. The van der Waals surface area contributed by atoms with Crippen LogP contribution in [0.1, 0.15) is 25.7 Å². The van der Waals surface area contributed by atoms with E-state index in [1.807, 2.05) is 12.5 Å². The normalized spacial score (nSPS) is 19.1. The van der Waals surface area contributed by atoms with Crippen molar-refractivity contribution in [3.8, 4) is 0 Å². The van der Waals surface area contributed by atoms with Crippen LogP contribution in [0.4, 0.5) is 0 Å². The summed E-state index contributed by atoms with van der Waals surface area (Å²) in [6, 6.07) is -3.40. The first-order valence-electron chi connectivity index (χ1n) is 9.75. The van der Waals surface area contributed by atoms with Crippen LogP contribution in [0.5, 0.6) is 0 Å². The number of aliphatic carboxylic acids is 1. The van der Waals surface area contributed by atoms with E-state index in [4.69, 9.17) is 5.73 Å². The summed E-state index contributed by atoms with van der Waals surface area (Å²) in [6.07, 6.45) is 5.54. The van der Waals surface area contributed by atoms with Crippen LogP contribution in [-0.2, 0) is 19.2 Å². The number of nitrogens with two attached hydrogens (primary N) is 1. The summed E-state index contributed by atoms with van der Waals surface area (Å²) in [6.45, 7) is 0.352. The first kappa shape index (κ1) is 26.9. The fourth-order valence-corrected chi connectivity index (χ4v) is 4.23. The van der Waals surface area contributed by atoms with E-state index < -0.39 is 47.9 Å². The molecule has 1 fully saturated rings. The third-order valence-corrected chi connectivity index (χ3v) is 6.50. The predicted octanol–water partition coefficient (Wildman–Crippen LogP) is -0.205. The molecule has 5 N–H and O–H groups in total. The van der Waals surface area contributed by atoms with Crippen LogP contribution in [0, 0.1) is 0 Å². The first-order chi connectivity index (χ1) is 14.3. The fourth-order valence-electron chi connectivity index (χ4n) is 3.12. The summed E-state index contributed by atoms with van der Waals surface area (Å²) >= 11 is 7.06. The molecule has 1 heterocycles. The van der Waals surface area contributed by atoms with Gasteiger partial charge in [0.15, 0.2) is 0 Å². The fraction of sp³-hybridized carbons (Fsp3) is 0.778. The van der Waals surface area contributed by atoms with E-state index in [0.29, 0.717) is 43.7 Å². The molecule has 0 bridgehead atoms. The molecule has 0 aromatic carbocycles. The molecule has 0 aliphatic carbocycles. The second-order valence-electron chi connectivity index (χ2n) is 7.00. The summed E-state index contributed by atoms with van der Waals surface area (Å²) in [4.78, 5) is 50.9. The summed E-state index contributed by atoms with van der Waals surface area (Å²) in [5.74, 6) is -1.01. The zero-order valence-electron chi connectivity index (χ0n) is 17.3. The van der Waals surface area contributed by atoms with E-state index in [9.17, 15) is 24.3 Å². The van der Waals surface area contributed by atoms with Crippen molar-refractivity contribution in [3.63, 3.8) is 0 Å². The van der Waals surface area contributed by atoms with Crippen molar-refractivity contribution in [2.24, 2.45) is 5.73 Å². The van der Waals surface area contributed by atoms with Gasteiger partial charge in [-0.05, 0) is 49.7 Å². The van der Waals surface area contributed by atoms with Gasteiger partial charge in [-0.2, -0.15) is 36.2 Å². The highest BCUT2D eigenvalue weighted by Crippen LogP contribution is 2.20. The Balaban J connectivity index is 2.93. The van der Waals surface area contributed by atoms with Crippen molar-refractivity contribution in [1.82, 2.24) is 15.5 Å². The second kappa shape index (κ2) is 14.0. The van der Waals surface area contributed by atoms with Gasteiger partial charge in [0.25, 0.3) is 0 Å². The monoisotopic (exact) mass is 480 g/mol. The average molecular weight is 481 g/mol. The lowest BCUT2D eigenvalue weighted by atomic mass is 10.1. The highest BCUT2D eigenvalue weighted by molar-refractivity contribution is 7.98. The molecule has 0 aromatic heterocycles. The van der Waals surface area contributed by atoms with Crippen LogP contribution in [0.15, 0.2) is 0 Å². The molecular formula is C18H32N4O5S3. The molecule has 3 amide bonds. The average Bonchev–Trinajstić information content (AvgIpc) is 3.22. The van der Waals surface area contributed by atoms with Gasteiger partial charge in [0.1, 0.15) is 18.1 Å². The van der Waals surface area contributed by atoms with Crippen LogP contribution >= 0.6 is 36.2 Å². The SMILES string of the molecule is CSCCC(NC(=O)C(N)CS)C(=O)NC(CCSC)C(=O)N1CCCC1C(=O)O. The predicted molar refractivity (Wildman–Crippen MR) is 124 cm³/mol. The number of thioether (sulfide) groups is 2. The van der Waals surface area contributed by atoms with Gasteiger partial charge in [-0.1, -0.05) is 0 Å². The Hall–Kier alpha value is -1.11. The Bertz CT molecular complexity index is 610. The molecule has 1 rings (SSSR count). The van der Waals surface area contributed by atoms with E-state index in [0.717, 1.165) is 0 Å². The number of thiol groups is 1. The van der Waals surface area contributed by atoms with E-state index in [1.54, 1.807) is 0 Å². The number of hydrogen-bond acceptors (Lipinski definition) is 8. The van der Waals surface area contributed by atoms with Crippen LogP contribution in [0.2, 0.25) is 0 Å². The molecule has 1 aliphatic rings. The van der Waals surface area contributed by atoms with Gasteiger partial charge in [-0.25, -0.2) is 4.79 Å². The van der Waals surface area contributed by atoms with Gasteiger partial charge in [0.05, 0.1) is 6.04 Å².